The second-order valence-electron chi connectivity index (χ2n) is 5.15. The van der Waals surface area contributed by atoms with Gasteiger partial charge in [-0.25, -0.2) is 4.79 Å². The maximum absolute atomic E-state index is 10.6. The molecule has 3 rings (SSSR count). The Bertz CT molecular complexity index is 449. The van der Waals surface area contributed by atoms with Crippen molar-refractivity contribution in [3.05, 3.63) is 24.3 Å². The van der Waals surface area contributed by atoms with Gasteiger partial charge in [0.25, 0.3) is 0 Å². The van der Waals surface area contributed by atoms with Crippen molar-refractivity contribution in [2.75, 3.05) is 19.7 Å². The predicted molar refractivity (Wildman–Crippen MR) is 68.7 cm³/mol. The molecule has 1 saturated heterocycles. The van der Waals surface area contributed by atoms with Gasteiger partial charge in [0, 0.05) is 0 Å². The molecule has 1 heterocycles. The average Bonchev–Trinajstić information content (AvgIpc) is 3.15. The molecule has 0 unspecified atom stereocenters. The largest absolute Gasteiger partial charge is 0.493 e. The van der Waals surface area contributed by atoms with Gasteiger partial charge in [-0.15, -0.1) is 0 Å². The van der Waals surface area contributed by atoms with Gasteiger partial charge in [-0.05, 0) is 43.0 Å². The predicted octanol–water partition coefficient (Wildman–Crippen LogP) is 2.22. The Kier molecular flexibility index (Phi) is 3.19. The minimum absolute atomic E-state index is 0.0330. The fraction of sp³-hybridized carbons (Fsp3) is 0.500. The third kappa shape index (κ3) is 3.10. The summed E-state index contributed by atoms with van der Waals surface area (Å²) in [5.41, 5.74) is 0. The van der Waals surface area contributed by atoms with E-state index in [1.54, 1.807) is 0 Å². The lowest BCUT2D eigenvalue weighted by Gasteiger charge is -2.36. The second kappa shape index (κ2) is 4.99. The van der Waals surface area contributed by atoms with E-state index in [2.05, 4.69) is 0 Å². The molecule has 0 bridgehead atoms. The molecule has 0 aromatic heterocycles. The van der Waals surface area contributed by atoms with Crippen molar-refractivity contribution in [2.24, 2.45) is 5.92 Å². The number of hydrogen-bond acceptors (Lipinski definition) is 3. The number of benzene rings is 1. The van der Waals surface area contributed by atoms with Crippen molar-refractivity contribution in [3.63, 3.8) is 0 Å². The molecule has 5 nitrogen and oxygen atoms in total. The monoisotopic (exact) mass is 263 g/mol. The van der Waals surface area contributed by atoms with Gasteiger partial charge in [0.15, 0.2) is 0 Å². The van der Waals surface area contributed by atoms with Gasteiger partial charge in [-0.2, -0.15) is 0 Å². The first kappa shape index (κ1) is 12.1. The lowest BCUT2D eigenvalue weighted by atomic mass is 10.2. The first-order chi connectivity index (χ1) is 9.20. The van der Waals surface area contributed by atoms with Crippen LogP contribution in [0.1, 0.15) is 12.8 Å². The average molecular weight is 263 g/mol. The fourth-order valence-corrected chi connectivity index (χ4v) is 1.97. The van der Waals surface area contributed by atoms with Gasteiger partial charge >= 0.3 is 6.09 Å². The molecule has 0 spiro atoms. The van der Waals surface area contributed by atoms with Gasteiger partial charge in [0.2, 0.25) is 0 Å². The third-order valence-corrected chi connectivity index (χ3v) is 3.43. The molecule has 19 heavy (non-hydrogen) atoms. The number of hydrogen-bond donors (Lipinski definition) is 1. The van der Waals surface area contributed by atoms with Crippen LogP contribution in [0, 0.1) is 5.92 Å². The standard InChI is InChI=1S/C14H17NO4/c16-14(17)15-7-13(8-15)19-12-5-3-11(4-6-12)18-9-10-1-2-10/h3-6,10,13H,1-2,7-9H2,(H,16,17). The SMILES string of the molecule is O=C(O)N1CC(Oc2ccc(OCC3CC3)cc2)C1. The highest BCUT2D eigenvalue weighted by Crippen LogP contribution is 2.30. The summed E-state index contributed by atoms with van der Waals surface area (Å²) in [6.07, 6.45) is 1.64. The Morgan fingerprint density at radius 2 is 1.84 bits per heavy atom. The van der Waals surface area contributed by atoms with Gasteiger partial charge in [0.05, 0.1) is 19.7 Å². The normalized spacial score (nSPS) is 18.8. The van der Waals surface area contributed by atoms with E-state index in [-0.39, 0.29) is 6.10 Å². The van der Waals surface area contributed by atoms with Crippen molar-refractivity contribution in [1.29, 1.82) is 0 Å². The summed E-state index contributed by atoms with van der Waals surface area (Å²) in [5.74, 6) is 2.36. The van der Waals surface area contributed by atoms with Gasteiger partial charge in [-0.3, -0.25) is 0 Å². The number of nitrogens with zero attached hydrogens (tertiary/aromatic N) is 1. The number of ether oxygens (including phenoxy) is 2. The lowest BCUT2D eigenvalue weighted by Crippen LogP contribution is -2.55. The molecule has 0 atom stereocenters. The number of amides is 1. The fourth-order valence-electron chi connectivity index (χ4n) is 1.97. The minimum atomic E-state index is -0.885. The zero-order chi connectivity index (χ0) is 13.2. The topological polar surface area (TPSA) is 59.0 Å². The molecule has 1 saturated carbocycles. The molecule has 0 radical (unpaired) electrons. The quantitative estimate of drug-likeness (QED) is 0.885. The van der Waals surface area contributed by atoms with Crippen LogP contribution in [0.5, 0.6) is 11.5 Å². The summed E-state index contributed by atoms with van der Waals surface area (Å²) in [6, 6.07) is 7.52. The molecule has 1 aromatic rings. The van der Waals surface area contributed by atoms with Crippen LogP contribution in [0.15, 0.2) is 24.3 Å². The van der Waals surface area contributed by atoms with Crippen molar-refractivity contribution in [1.82, 2.24) is 4.90 Å². The highest BCUT2D eigenvalue weighted by atomic mass is 16.5. The molecule has 1 N–H and O–H groups in total. The molecule has 2 aliphatic rings. The van der Waals surface area contributed by atoms with Crippen molar-refractivity contribution in [3.8, 4) is 11.5 Å². The molecule has 1 aliphatic carbocycles. The maximum atomic E-state index is 10.6. The van der Waals surface area contributed by atoms with Crippen molar-refractivity contribution in [2.45, 2.75) is 18.9 Å². The van der Waals surface area contributed by atoms with E-state index >= 15 is 0 Å². The summed E-state index contributed by atoms with van der Waals surface area (Å²) in [4.78, 5) is 11.9. The van der Waals surface area contributed by atoms with Crippen LogP contribution >= 0.6 is 0 Å². The summed E-state index contributed by atoms with van der Waals surface area (Å²) in [6.45, 7) is 1.68. The van der Waals surface area contributed by atoms with Crippen LogP contribution in [-0.4, -0.2) is 41.9 Å². The van der Waals surface area contributed by atoms with Gasteiger partial charge in [-0.1, -0.05) is 0 Å². The zero-order valence-electron chi connectivity index (χ0n) is 10.6. The first-order valence-corrected chi connectivity index (χ1v) is 6.58. The van der Waals surface area contributed by atoms with Crippen molar-refractivity contribution < 1.29 is 19.4 Å². The smallest absolute Gasteiger partial charge is 0.407 e. The number of carbonyl (C=O) groups is 1. The Morgan fingerprint density at radius 1 is 1.21 bits per heavy atom. The van der Waals surface area contributed by atoms with Crippen LogP contribution < -0.4 is 9.47 Å². The maximum Gasteiger partial charge on any atom is 0.407 e. The van der Waals surface area contributed by atoms with E-state index in [0.717, 1.165) is 24.0 Å². The summed E-state index contributed by atoms with van der Waals surface area (Å²) in [5, 5.41) is 8.72. The Morgan fingerprint density at radius 3 is 2.42 bits per heavy atom. The number of rotatable bonds is 5. The van der Waals surface area contributed by atoms with Crippen LogP contribution in [0.25, 0.3) is 0 Å². The van der Waals surface area contributed by atoms with E-state index in [4.69, 9.17) is 14.6 Å². The Balaban J connectivity index is 1.45. The van der Waals surface area contributed by atoms with Crippen LogP contribution in [0.4, 0.5) is 4.79 Å². The van der Waals surface area contributed by atoms with Crippen LogP contribution in [0.2, 0.25) is 0 Å². The van der Waals surface area contributed by atoms with Crippen molar-refractivity contribution >= 4 is 6.09 Å². The van der Waals surface area contributed by atoms with E-state index in [0.29, 0.717) is 13.1 Å². The zero-order valence-corrected chi connectivity index (χ0v) is 10.6. The summed E-state index contributed by atoms with van der Waals surface area (Å²) >= 11 is 0. The van der Waals surface area contributed by atoms with E-state index in [1.807, 2.05) is 24.3 Å². The summed E-state index contributed by atoms with van der Waals surface area (Å²) in [7, 11) is 0. The van der Waals surface area contributed by atoms with Crippen LogP contribution in [-0.2, 0) is 0 Å². The second-order valence-corrected chi connectivity index (χ2v) is 5.15. The van der Waals surface area contributed by atoms with Gasteiger partial charge < -0.3 is 19.5 Å². The Hall–Kier alpha value is -1.91. The highest BCUT2D eigenvalue weighted by molar-refractivity contribution is 5.66. The molecular formula is C14H17NO4. The van der Waals surface area contributed by atoms with E-state index in [9.17, 15) is 4.79 Å². The molecular weight excluding hydrogens is 246 g/mol. The number of likely N-dealkylation sites (tertiary alicyclic amines) is 1. The van der Waals surface area contributed by atoms with Crippen LogP contribution in [0.3, 0.4) is 0 Å². The molecule has 5 heteroatoms. The molecule has 102 valence electrons. The third-order valence-electron chi connectivity index (χ3n) is 3.43. The van der Waals surface area contributed by atoms with E-state index in [1.165, 1.54) is 17.7 Å². The minimum Gasteiger partial charge on any atom is -0.493 e. The molecule has 1 aromatic carbocycles. The van der Waals surface area contributed by atoms with Gasteiger partial charge in [0.1, 0.15) is 17.6 Å². The molecule has 1 amide bonds. The highest BCUT2D eigenvalue weighted by Gasteiger charge is 2.32. The van der Waals surface area contributed by atoms with E-state index < -0.39 is 6.09 Å². The number of carboxylic acid groups (broad SMARTS) is 1. The molecule has 1 aliphatic heterocycles. The lowest BCUT2D eigenvalue weighted by molar-refractivity contribution is 0.0252. The summed E-state index contributed by atoms with van der Waals surface area (Å²) < 4.78 is 11.3. The Labute approximate surface area is 111 Å². The molecule has 2 fully saturated rings. The first-order valence-electron chi connectivity index (χ1n) is 6.58.